The first-order valence-corrected chi connectivity index (χ1v) is 8.97. The minimum atomic E-state index is -0.0166. The molecule has 0 spiro atoms. The average Bonchev–Trinajstić information content (AvgIpc) is 3.07. The fourth-order valence-electron chi connectivity index (χ4n) is 3.25. The van der Waals surface area contributed by atoms with Gasteiger partial charge in [-0.05, 0) is 36.5 Å². The van der Waals surface area contributed by atoms with Crippen LogP contribution < -0.4 is 14.8 Å². The number of nitrogens with zero attached hydrogens (tertiary/aromatic N) is 1. The minimum absolute atomic E-state index is 0.0166. The lowest BCUT2D eigenvalue weighted by Crippen LogP contribution is -2.43. The van der Waals surface area contributed by atoms with E-state index in [1.54, 1.807) is 0 Å². The molecule has 2 aliphatic heterocycles. The first kappa shape index (κ1) is 17.6. The Bertz CT molecular complexity index is 636. The number of likely N-dealkylation sites (tertiary alicyclic amines) is 1. The zero-order chi connectivity index (χ0) is 17.8. The van der Waals surface area contributed by atoms with Gasteiger partial charge in [-0.15, -0.1) is 0 Å². The third-order valence-electron chi connectivity index (χ3n) is 4.71. The summed E-state index contributed by atoms with van der Waals surface area (Å²) < 4.78 is 10.6. The number of nitrogens with one attached hydrogen (secondary N) is 1. The molecule has 0 unspecified atom stereocenters. The summed E-state index contributed by atoms with van der Waals surface area (Å²) in [5.74, 6) is 2.09. The number of hydrogen-bond acceptors (Lipinski definition) is 4. The highest BCUT2D eigenvalue weighted by Gasteiger charge is 2.27. The van der Waals surface area contributed by atoms with Crippen molar-refractivity contribution in [2.75, 3.05) is 19.9 Å². The van der Waals surface area contributed by atoms with E-state index in [0.29, 0.717) is 32.0 Å². The Hall–Kier alpha value is -2.24. The normalized spacial score (nSPS) is 17.0. The molecule has 0 aromatic heterocycles. The predicted molar refractivity (Wildman–Crippen MR) is 93.2 cm³/mol. The van der Waals surface area contributed by atoms with Crippen LogP contribution in [0.25, 0.3) is 0 Å². The molecule has 1 fully saturated rings. The topological polar surface area (TPSA) is 67.9 Å². The number of carbonyl (C=O) groups excluding carboxylic acids is 2. The fourth-order valence-corrected chi connectivity index (χ4v) is 3.25. The fraction of sp³-hybridized carbons (Fsp3) is 0.579. The van der Waals surface area contributed by atoms with Crippen LogP contribution in [-0.2, 0) is 16.1 Å². The quantitative estimate of drug-likeness (QED) is 0.888. The van der Waals surface area contributed by atoms with Crippen LogP contribution in [0, 0.1) is 11.8 Å². The number of fused-ring (bicyclic) bond motifs is 1. The third-order valence-corrected chi connectivity index (χ3v) is 4.71. The predicted octanol–water partition coefficient (Wildman–Crippen LogP) is 2.32. The first-order chi connectivity index (χ1) is 12.0. The smallest absolute Gasteiger partial charge is 0.231 e. The summed E-state index contributed by atoms with van der Waals surface area (Å²) in [6.45, 7) is 6.17. The van der Waals surface area contributed by atoms with Crippen LogP contribution >= 0.6 is 0 Å². The van der Waals surface area contributed by atoms with Gasteiger partial charge < -0.3 is 19.7 Å². The van der Waals surface area contributed by atoms with Crippen molar-refractivity contribution in [3.8, 4) is 11.5 Å². The van der Waals surface area contributed by atoms with Crippen LogP contribution in [0.3, 0.4) is 0 Å². The zero-order valence-electron chi connectivity index (χ0n) is 14.9. The SMILES string of the molecule is CC(C)CC(=O)N1CCC(C(=O)NCc2ccc3c(c2)OCO3)CC1. The Morgan fingerprint density at radius 2 is 1.92 bits per heavy atom. The van der Waals surface area contributed by atoms with Gasteiger partial charge in [-0.2, -0.15) is 0 Å². The summed E-state index contributed by atoms with van der Waals surface area (Å²) in [6, 6.07) is 5.69. The molecule has 0 atom stereocenters. The van der Waals surface area contributed by atoms with E-state index in [-0.39, 0.29) is 24.5 Å². The van der Waals surface area contributed by atoms with Crippen LogP contribution in [-0.4, -0.2) is 36.6 Å². The van der Waals surface area contributed by atoms with E-state index < -0.39 is 0 Å². The number of hydrogen-bond donors (Lipinski definition) is 1. The van der Waals surface area contributed by atoms with Gasteiger partial charge in [-0.3, -0.25) is 9.59 Å². The van der Waals surface area contributed by atoms with Crippen molar-refractivity contribution in [3.05, 3.63) is 23.8 Å². The van der Waals surface area contributed by atoms with Crippen molar-refractivity contribution < 1.29 is 19.1 Å². The molecule has 25 heavy (non-hydrogen) atoms. The summed E-state index contributed by atoms with van der Waals surface area (Å²) in [7, 11) is 0. The van der Waals surface area contributed by atoms with E-state index in [9.17, 15) is 9.59 Å². The standard InChI is InChI=1S/C19H26N2O4/c1-13(2)9-18(22)21-7-5-15(6-8-21)19(23)20-11-14-3-4-16-17(10-14)25-12-24-16/h3-4,10,13,15H,5-9,11-12H2,1-2H3,(H,20,23). The molecule has 1 aromatic carbocycles. The zero-order valence-corrected chi connectivity index (χ0v) is 14.9. The summed E-state index contributed by atoms with van der Waals surface area (Å²) >= 11 is 0. The van der Waals surface area contributed by atoms with Crippen LogP contribution in [0.2, 0.25) is 0 Å². The molecule has 6 heteroatoms. The second-order valence-corrected chi connectivity index (χ2v) is 7.16. The second kappa shape index (κ2) is 7.76. The van der Waals surface area contributed by atoms with Gasteiger partial charge in [0.2, 0.25) is 18.6 Å². The molecule has 3 rings (SSSR count). The van der Waals surface area contributed by atoms with Crippen molar-refractivity contribution in [1.29, 1.82) is 0 Å². The molecule has 2 amide bonds. The van der Waals surface area contributed by atoms with Gasteiger partial charge in [-0.1, -0.05) is 19.9 Å². The number of benzene rings is 1. The largest absolute Gasteiger partial charge is 0.454 e. The summed E-state index contributed by atoms with van der Waals surface area (Å²) in [5, 5.41) is 3.00. The highest BCUT2D eigenvalue weighted by atomic mass is 16.7. The average molecular weight is 346 g/mol. The van der Waals surface area contributed by atoms with Gasteiger partial charge >= 0.3 is 0 Å². The van der Waals surface area contributed by atoms with Gasteiger partial charge in [0.25, 0.3) is 0 Å². The molecule has 136 valence electrons. The van der Waals surface area contributed by atoms with Crippen LogP contribution in [0.15, 0.2) is 18.2 Å². The molecule has 0 bridgehead atoms. The van der Waals surface area contributed by atoms with Gasteiger partial charge in [-0.25, -0.2) is 0 Å². The number of amides is 2. The Labute approximate surface area is 148 Å². The molecule has 0 saturated carbocycles. The summed E-state index contributed by atoms with van der Waals surface area (Å²) in [4.78, 5) is 26.4. The monoisotopic (exact) mass is 346 g/mol. The Morgan fingerprint density at radius 3 is 2.64 bits per heavy atom. The number of carbonyl (C=O) groups is 2. The summed E-state index contributed by atoms with van der Waals surface area (Å²) in [5.41, 5.74) is 0.988. The van der Waals surface area contributed by atoms with E-state index in [1.807, 2.05) is 36.9 Å². The van der Waals surface area contributed by atoms with Crippen molar-refractivity contribution in [3.63, 3.8) is 0 Å². The van der Waals surface area contributed by atoms with Crippen LogP contribution in [0.4, 0.5) is 0 Å². The molecule has 1 N–H and O–H groups in total. The molecule has 0 radical (unpaired) electrons. The van der Waals surface area contributed by atoms with E-state index in [0.717, 1.165) is 29.9 Å². The van der Waals surface area contributed by atoms with Gasteiger partial charge in [0.1, 0.15) is 0 Å². The minimum Gasteiger partial charge on any atom is -0.454 e. The molecule has 2 heterocycles. The molecule has 0 aliphatic carbocycles. The van der Waals surface area contributed by atoms with Crippen molar-refractivity contribution >= 4 is 11.8 Å². The molecular weight excluding hydrogens is 320 g/mol. The molecule has 6 nitrogen and oxygen atoms in total. The lowest BCUT2D eigenvalue weighted by Gasteiger charge is -2.31. The lowest BCUT2D eigenvalue weighted by molar-refractivity contribution is -0.136. The maximum absolute atomic E-state index is 12.4. The third kappa shape index (κ3) is 4.44. The molecule has 2 aliphatic rings. The van der Waals surface area contributed by atoms with E-state index >= 15 is 0 Å². The maximum Gasteiger partial charge on any atom is 0.231 e. The highest BCUT2D eigenvalue weighted by molar-refractivity contribution is 5.80. The molecule has 1 aromatic rings. The maximum atomic E-state index is 12.4. The van der Waals surface area contributed by atoms with Crippen molar-refractivity contribution in [1.82, 2.24) is 10.2 Å². The summed E-state index contributed by atoms with van der Waals surface area (Å²) in [6.07, 6.45) is 2.05. The Kier molecular flexibility index (Phi) is 5.46. The van der Waals surface area contributed by atoms with Crippen molar-refractivity contribution in [2.24, 2.45) is 11.8 Å². The van der Waals surface area contributed by atoms with Gasteiger partial charge in [0.05, 0.1) is 0 Å². The number of ether oxygens (including phenoxy) is 2. The molecular formula is C19H26N2O4. The lowest BCUT2D eigenvalue weighted by atomic mass is 9.95. The number of piperidine rings is 1. The van der Waals surface area contributed by atoms with Crippen LogP contribution in [0.1, 0.15) is 38.7 Å². The van der Waals surface area contributed by atoms with Crippen LogP contribution in [0.5, 0.6) is 11.5 Å². The van der Waals surface area contributed by atoms with E-state index in [1.165, 1.54) is 0 Å². The van der Waals surface area contributed by atoms with E-state index in [4.69, 9.17) is 9.47 Å². The number of rotatable bonds is 5. The van der Waals surface area contributed by atoms with Gasteiger partial charge in [0.15, 0.2) is 11.5 Å². The van der Waals surface area contributed by atoms with Crippen molar-refractivity contribution in [2.45, 2.75) is 39.7 Å². The van der Waals surface area contributed by atoms with E-state index in [2.05, 4.69) is 5.32 Å². The Morgan fingerprint density at radius 1 is 1.20 bits per heavy atom. The highest BCUT2D eigenvalue weighted by Crippen LogP contribution is 2.32. The molecule has 1 saturated heterocycles. The van der Waals surface area contributed by atoms with Gasteiger partial charge in [0, 0.05) is 32.0 Å². The Balaban J connectivity index is 1.44. The second-order valence-electron chi connectivity index (χ2n) is 7.16. The first-order valence-electron chi connectivity index (χ1n) is 8.97.